The number of nitrogens with zero attached hydrogens (tertiary/aromatic N) is 4. The smallest absolute Gasteiger partial charge is 0.314 e. The fraction of sp³-hybridized carbons (Fsp3) is 0.414. The number of carbonyl (C=O) groups excluding carboxylic acids is 3. The van der Waals surface area contributed by atoms with Crippen LogP contribution in [0.15, 0.2) is 36.4 Å². The van der Waals surface area contributed by atoms with E-state index in [1.165, 1.54) is 35.9 Å². The summed E-state index contributed by atoms with van der Waals surface area (Å²) in [6.45, 7) is 0.111. The number of benzene rings is 2. The number of halogens is 1. The van der Waals surface area contributed by atoms with Crippen LogP contribution in [-0.2, 0) is 29.6 Å². The van der Waals surface area contributed by atoms with Crippen LogP contribution < -0.4 is 29.6 Å². The van der Waals surface area contributed by atoms with Crippen molar-refractivity contribution >= 4 is 17.7 Å². The van der Waals surface area contributed by atoms with E-state index in [-0.39, 0.29) is 56.2 Å². The number of hydrogen-bond donors (Lipinski definition) is 2. The molecule has 1 saturated heterocycles. The van der Waals surface area contributed by atoms with Crippen molar-refractivity contribution in [3.8, 4) is 23.3 Å². The second-order valence-corrected chi connectivity index (χ2v) is 10.3. The van der Waals surface area contributed by atoms with E-state index in [1.54, 1.807) is 25.2 Å². The first-order valence-corrected chi connectivity index (χ1v) is 13.8. The van der Waals surface area contributed by atoms with Gasteiger partial charge in [0.05, 0.1) is 20.3 Å². The van der Waals surface area contributed by atoms with Gasteiger partial charge < -0.3 is 34.5 Å². The predicted molar refractivity (Wildman–Crippen MR) is 149 cm³/mol. The van der Waals surface area contributed by atoms with Crippen molar-refractivity contribution in [2.75, 3.05) is 33.9 Å². The third-order valence-electron chi connectivity index (χ3n) is 7.22. The fourth-order valence-electron chi connectivity index (χ4n) is 5.07. The molecule has 43 heavy (non-hydrogen) atoms. The van der Waals surface area contributed by atoms with Crippen LogP contribution in [0, 0.1) is 5.82 Å². The number of methoxy groups -OCH3 is 2. The van der Waals surface area contributed by atoms with E-state index in [1.807, 2.05) is 6.07 Å². The van der Waals surface area contributed by atoms with Crippen molar-refractivity contribution in [1.82, 2.24) is 30.3 Å². The zero-order chi connectivity index (χ0) is 30.5. The first-order chi connectivity index (χ1) is 20.7. The van der Waals surface area contributed by atoms with Gasteiger partial charge in [0.15, 0.2) is 18.1 Å². The number of amides is 3. The van der Waals surface area contributed by atoms with Gasteiger partial charge in [0.2, 0.25) is 11.7 Å². The van der Waals surface area contributed by atoms with Gasteiger partial charge in [-0.25, -0.2) is 9.07 Å². The van der Waals surface area contributed by atoms with E-state index in [0.717, 1.165) is 5.56 Å². The van der Waals surface area contributed by atoms with Crippen LogP contribution in [-0.4, -0.2) is 83.4 Å². The van der Waals surface area contributed by atoms with Crippen LogP contribution in [0.3, 0.4) is 0 Å². The molecule has 0 aliphatic carbocycles. The van der Waals surface area contributed by atoms with Crippen LogP contribution >= 0.6 is 0 Å². The van der Waals surface area contributed by atoms with Gasteiger partial charge in [0.1, 0.15) is 17.7 Å². The van der Waals surface area contributed by atoms with Gasteiger partial charge in [-0.1, -0.05) is 6.07 Å². The molecule has 4 bridgehead atoms. The first-order valence-electron chi connectivity index (χ1n) is 13.8. The lowest BCUT2D eigenvalue weighted by Crippen LogP contribution is -2.58. The lowest BCUT2D eigenvalue weighted by Gasteiger charge is -2.38. The molecule has 3 aromatic rings. The van der Waals surface area contributed by atoms with Crippen molar-refractivity contribution in [2.24, 2.45) is 7.05 Å². The Morgan fingerprint density at radius 2 is 1.91 bits per heavy atom. The molecular formula is C29H33FN6O7. The van der Waals surface area contributed by atoms with Gasteiger partial charge in [-0.3, -0.25) is 14.4 Å². The van der Waals surface area contributed by atoms with E-state index >= 15 is 0 Å². The molecular weight excluding hydrogens is 563 g/mol. The first kappa shape index (κ1) is 29.6. The molecule has 1 aromatic heterocycles. The highest BCUT2D eigenvalue weighted by Gasteiger charge is 2.36. The Morgan fingerprint density at radius 3 is 2.67 bits per heavy atom. The summed E-state index contributed by atoms with van der Waals surface area (Å²) in [6.07, 6.45) is 0.325. The van der Waals surface area contributed by atoms with Crippen molar-refractivity contribution in [3.05, 3.63) is 59.2 Å². The number of aromatic nitrogens is 3. The van der Waals surface area contributed by atoms with Gasteiger partial charge in [-0.15, -0.1) is 5.10 Å². The average Bonchev–Trinajstić information content (AvgIpc) is 3.38. The molecule has 3 amide bonds. The summed E-state index contributed by atoms with van der Waals surface area (Å²) in [7, 11) is 4.53. The van der Waals surface area contributed by atoms with Gasteiger partial charge in [-0.05, 0) is 41.8 Å². The normalized spacial score (nSPS) is 19.4. The number of piperidine rings is 1. The minimum absolute atomic E-state index is 0.0441. The lowest BCUT2D eigenvalue weighted by molar-refractivity contribution is -0.125. The van der Waals surface area contributed by atoms with Crippen molar-refractivity contribution in [1.29, 1.82) is 0 Å². The molecule has 2 N–H and O–H groups in total. The zero-order valence-electron chi connectivity index (χ0n) is 24.1. The molecule has 5 rings (SSSR count). The van der Waals surface area contributed by atoms with Crippen LogP contribution in [0.2, 0.25) is 0 Å². The maximum absolute atomic E-state index is 14.6. The summed E-state index contributed by atoms with van der Waals surface area (Å²) in [5, 5.41) is 9.87. The second kappa shape index (κ2) is 13.0. The van der Waals surface area contributed by atoms with Crippen LogP contribution in [0.1, 0.15) is 34.6 Å². The number of aryl methyl sites for hydroxylation is 2. The summed E-state index contributed by atoms with van der Waals surface area (Å²) in [5.74, 6) is -0.651. The van der Waals surface area contributed by atoms with Crippen molar-refractivity contribution in [3.63, 3.8) is 0 Å². The number of ether oxygens (including phenoxy) is 4. The molecule has 0 unspecified atom stereocenters. The maximum Gasteiger partial charge on any atom is 0.314 e. The standard InChI is InChI=1S/C29H33FN6O7/c1-35-29(41-3)33-27(34-35)28(39)36-9-8-22-21(15-36)32-26(38)16-42-24-12-17(4-6-23(24)40-2)5-7-25(37)31-14-18-10-19(30)13-20(11-18)43-22/h4,6,10-13,21-22H,5,7-9,14-16H2,1-3H3,(H,31,37)(H,32,38)/t21-,22-/m1/s1. The number of rotatable bonds is 3. The average molecular weight is 597 g/mol. The van der Waals surface area contributed by atoms with Gasteiger partial charge >= 0.3 is 6.01 Å². The summed E-state index contributed by atoms with van der Waals surface area (Å²) < 4.78 is 38.4. The van der Waals surface area contributed by atoms with Crippen LogP contribution in [0.4, 0.5) is 4.39 Å². The molecule has 228 valence electrons. The Kier molecular flexibility index (Phi) is 8.93. The summed E-state index contributed by atoms with van der Waals surface area (Å²) in [6, 6.07) is 8.96. The quantitative estimate of drug-likeness (QED) is 0.458. The van der Waals surface area contributed by atoms with E-state index < -0.39 is 29.8 Å². The van der Waals surface area contributed by atoms with Crippen LogP contribution in [0.5, 0.6) is 23.3 Å². The van der Waals surface area contributed by atoms with E-state index in [9.17, 15) is 18.8 Å². The molecule has 2 aliphatic rings. The highest BCUT2D eigenvalue weighted by Crippen LogP contribution is 2.29. The molecule has 2 aliphatic heterocycles. The molecule has 13 nitrogen and oxygen atoms in total. The SMILES string of the molecule is COc1ccc2cc1OCC(=O)N[C@@H]1CN(C(=O)c3nc(OC)n(C)n3)CC[C@H]1Oc1cc(F)cc(c1)CNC(=O)CC2. The van der Waals surface area contributed by atoms with E-state index in [0.29, 0.717) is 29.9 Å². The maximum atomic E-state index is 14.6. The molecule has 2 aromatic carbocycles. The summed E-state index contributed by atoms with van der Waals surface area (Å²) in [4.78, 5) is 44.6. The summed E-state index contributed by atoms with van der Waals surface area (Å²) >= 11 is 0. The Bertz CT molecular complexity index is 1510. The molecule has 2 atom stereocenters. The predicted octanol–water partition coefficient (Wildman–Crippen LogP) is 1.39. The molecule has 1 fully saturated rings. The van der Waals surface area contributed by atoms with Gasteiger partial charge in [0, 0.05) is 45.6 Å². The monoisotopic (exact) mass is 596 g/mol. The lowest BCUT2D eigenvalue weighted by atomic mass is 10.0. The topological polar surface area (TPSA) is 146 Å². The third-order valence-corrected chi connectivity index (χ3v) is 7.22. The molecule has 0 radical (unpaired) electrons. The van der Waals surface area contributed by atoms with E-state index in [2.05, 4.69) is 20.7 Å². The Labute approximate surface area is 247 Å². The van der Waals surface area contributed by atoms with Crippen LogP contribution in [0.25, 0.3) is 0 Å². The van der Waals surface area contributed by atoms with Crippen molar-refractivity contribution in [2.45, 2.75) is 38.0 Å². The number of fused-ring (bicyclic) bond motifs is 5. The van der Waals surface area contributed by atoms with Gasteiger partial charge in [-0.2, -0.15) is 4.98 Å². The highest BCUT2D eigenvalue weighted by atomic mass is 19.1. The zero-order valence-corrected chi connectivity index (χ0v) is 24.1. The second-order valence-electron chi connectivity index (χ2n) is 10.3. The molecule has 3 heterocycles. The van der Waals surface area contributed by atoms with Crippen molar-refractivity contribution < 1.29 is 37.7 Å². The van der Waals surface area contributed by atoms with E-state index in [4.69, 9.17) is 18.9 Å². The third kappa shape index (κ3) is 7.13. The van der Waals surface area contributed by atoms with Gasteiger partial charge in [0.25, 0.3) is 11.8 Å². The molecule has 0 saturated carbocycles. The Hall–Kier alpha value is -4.88. The minimum Gasteiger partial charge on any atom is -0.493 e. The number of likely N-dealkylation sites (tertiary alicyclic amines) is 1. The fourth-order valence-corrected chi connectivity index (χ4v) is 5.07. The summed E-state index contributed by atoms with van der Waals surface area (Å²) in [5.41, 5.74) is 1.34. The highest BCUT2D eigenvalue weighted by molar-refractivity contribution is 5.90. The Balaban J connectivity index is 1.41. The molecule has 0 spiro atoms. The molecule has 14 heteroatoms. The number of hydrogen-bond acceptors (Lipinski definition) is 9. The number of nitrogens with one attached hydrogen (secondary N) is 2. The number of carbonyl (C=O) groups is 3. The Morgan fingerprint density at radius 1 is 1.07 bits per heavy atom. The largest absolute Gasteiger partial charge is 0.493 e. The minimum atomic E-state index is -0.682.